The predicted octanol–water partition coefficient (Wildman–Crippen LogP) is -0.771. The lowest BCUT2D eigenvalue weighted by atomic mass is 10.4. The normalized spacial score (nSPS) is 18.7. The summed E-state index contributed by atoms with van der Waals surface area (Å²) in [6.45, 7) is -0.252. The first-order valence-corrected chi connectivity index (χ1v) is 3.40. The van der Waals surface area contributed by atoms with Crippen LogP contribution in [-0.4, -0.2) is 33.1 Å². The standard InChI is InChI=1S/C4H4N2O4S/c7-2-1-5-6(4(9)10)11-3(2)8/h5H,1H2,(H,9,10). The molecule has 1 saturated heterocycles. The first kappa shape index (κ1) is 8.02. The number of carbonyl (C=O) groups excluding carboxylic acids is 2. The van der Waals surface area contributed by atoms with E-state index in [0.29, 0.717) is 16.4 Å². The smallest absolute Gasteiger partial charge is 0.432 e. The quantitative estimate of drug-likeness (QED) is 0.372. The van der Waals surface area contributed by atoms with Crippen LogP contribution in [0.2, 0.25) is 0 Å². The minimum Gasteiger partial charge on any atom is -0.463 e. The van der Waals surface area contributed by atoms with E-state index >= 15 is 0 Å². The monoisotopic (exact) mass is 176 g/mol. The third-order valence-corrected chi connectivity index (χ3v) is 1.82. The number of amides is 1. The number of nitrogens with zero attached hydrogens (tertiary/aromatic N) is 1. The largest absolute Gasteiger partial charge is 0.463 e. The fourth-order valence-corrected chi connectivity index (χ4v) is 1.04. The molecule has 2 N–H and O–H groups in total. The Morgan fingerprint density at radius 1 is 1.64 bits per heavy atom. The number of Topliss-reactive ketones (excluding diaryl/α,β-unsaturated/α-hetero) is 1. The van der Waals surface area contributed by atoms with E-state index in [1.54, 1.807) is 0 Å². The van der Waals surface area contributed by atoms with Crippen LogP contribution in [0.25, 0.3) is 0 Å². The molecule has 0 aliphatic carbocycles. The summed E-state index contributed by atoms with van der Waals surface area (Å²) in [5, 5.41) is 7.56. The molecule has 1 rings (SSSR count). The summed E-state index contributed by atoms with van der Waals surface area (Å²) >= 11 is 0.337. The highest BCUT2D eigenvalue weighted by Crippen LogP contribution is 2.12. The van der Waals surface area contributed by atoms with Gasteiger partial charge in [-0.05, 0) is 0 Å². The molecule has 0 radical (unpaired) electrons. The molecule has 1 aliphatic rings. The number of carboxylic acid groups (broad SMARTS) is 1. The van der Waals surface area contributed by atoms with Crippen molar-refractivity contribution in [2.45, 2.75) is 0 Å². The third-order valence-electron chi connectivity index (χ3n) is 0.959. The zero-order chi connectivity index (χ0) is 8.43. The molecule has 1 heterocycles. The lowest BCUT2D eigenvalue weighted by Crippen LogP contribution is -2.47. The van der Waals surface area contributed by atoms with Crippen LogP contribution < -0.4 is 5.43 Å². The average Bonchev–Trinajstić information content (AvgIpc) is 1.94. The van der Waals surface area contributed by atoms with Gasteiger partial charge in [-0.2, -0.15) is 4.41 Å². The highest BCUT2D eigenvalue weighted by Gasteiger charge is 2.28. The Labute approximate surface area is 65.6 Å². The van der Waals surface area contributed by atoms with Crippen molar-refractivity contribution in [3.63, 3.8) is 0 Å². The number of hydrazine groups is 1. The SMILES string of the molecule is O=C1CNN(C(=O)O)SC1=O. The molecule has 7 heteroatoms. The van der Waals surface area contributed by atoms with Crippen molar-refractivity contribution in [2.24, 2.45) is 0 Å². The van der Waals surface area contributed by atoms with Crippen LogP contribution in [0.15, 0.2) is 0 Å². The Morgan fingerprint density at radius 3 is 2.73 bits per heavy atom. The molecule has 0 spiro atoms. The average molecular weight is 176 g/mol. The van der Waals surface area contributed by atoms with E-state index in [9.17, 15) is 14.4 Å². The van der Waals surface area contributed by atoms with Crippen LogP contribution in [0.4, 0.5) is 4.79 Å². The van der Waals surface area contributed by atoms with E-state index < -0.39 is 17.0 Å². The van der Waals surface area contributed by atoms with E-state index in [1.807, 2.05) is 0 Å². The molecular weight excluding hydrogens is 172 g/mol. The van der Waals surface area contributed by atoms with Crippen LogP contribution >= 0.6 is 11.9 Å². The highest BCUT2D eigenvalue weighted by molar-refractivity contribution is 8.13. The highest BCUT2D eigenvalue weighted by atomic mass is 32.2. The Bertz CT molecular complexity index is 228. The van der Waals surface area contributed by atoms with Gasteiger partial charge in [0, 0.05) is 0 Å². The van der Waals surface area contributed by atoms with Gasteiger partial charge in [0.2, 0.25) is 5.78 Å². The number of hydrogen-bond acceptors (Lipinski definition) is 5. The second-order valence-corrected chi connectivity index (χ2v) is 2.63. The summed E-state index contributed by atoms with van der Waals surface area (Å²) in [5.41, 5.74) is 2.23. The van der Waals surface area contributed by atoms with E-state index in [-0.39, 0.29) is 6.54 Å². The fraction of sp³-hybridized carbons (Fsp3) is 0.250. The van der Waals surface area contributed by atoms with E-state index in [1.165, 1.54) is 0 Å². The summed E-state index contributed by atoms with van der Waals surface area (Å²) in [6, 6.07) is 0. The minimum absolute atomic E-state index is 0.252. The Kier molecular flexibility index (Phi) is 2.11. The number of rotatable bonds is 0. The maximum absolute atomic E-state index is 10.6. The molecule has 60 valence electrons. The van der Waals surface area contributed by atoms with Crippen molar-refractivity contribution in [3.8, 4) is 0 Å². The maximum atomic E-state index is 10.6. The van der Waals surface area contributed by atoms with Crippen LogP contribution in [-0.2, 0) is 9.59 Å². The number of ketones is 1. The van der Waals surface area contributed by atoms with Crippen LogP contribution in [0.1, 0.15) is 0 Å². The summed E-state index contributed by atoms with van der Waals surface area (Å²) in [7, 11) is 0. The number of carbonyl (C=O) groups is 3. The van der Waals surface area contributed by atoms with Crippen molar-refractivity contribution in [1.82, 2.24) is 9.84 Å². The first-order chi connectivity index (χ1) is 5.11. The molecule has 0 bridgehead atoms. The second-order valence-electron chi connectivity index (χ2n) is 1.71. The summed E-state index contributed by atoms with van der Waals surface area (Å²) in [6.07, 6.45) is -1.30. The zero-order valence-electron chi connectivity index (χ0n) is 5.23. The number of hydrogen-bond donors (Lipinski definition) is 2. The summed E-state index contributed by atoms with van der Waals surface area (Å²) in [4.78, 5) is 31.3. The van der Waals surface area contributed by atoms with Gasteiger partial charge >= 0.3 is 6.09 Å². The van der Waals surface area contributed by atoms with Gasteiger partial charge in [0.15, 0.2) is 0 Å². The van der Waals surface area contributed by atoms with E-state index in [0.717, 1.165) is 0 Å². The molecule has 1 fully saturated rings. The molecule has 6 nitrogen and oxygen atoms in total. The minimum atomic E-state index is -1.30. The van der Waals surface area contributed by atoms with E-state index in [4.69, 9.17) is 5.11 Å². The molecule has 1 aliphatic heterocycles. The zero-order valence-corrected chi connectivity index (χ0v) is 6.05. The molecule has 11 heavy (non-hydrogen) atoms. The second kappa shape index (κ2) is 2.89. The molecule has 0 saturated carbocycles. The molecule has 0 unspecified atom stereocenters. The van der Waals surface area contributed by atoms with Crippen LogP contribution in [0.3, 0.4) is 0 Å². The van der Waals surface area contributed by atoms with Crippen molar-refractivity contribution < 1.29 is 19.5 Å². The van der Waals surface area contributed by atoms with Crippen LogP contribution in [0, 0.1) is 0 Å². The van der Waals surface area contributed by atoms with Gasteiger partial charge in [-0.15, -0.1) is 0 Å². The molecule has 0 aromatic heterocycles. The summed E-state index contributed by atoms with van der Waals surface area (Å²) in [5.74, 6) is -0.618. The van der Waals surface area contributed by atoms with Gasteiger partial charge in [0.1, 0.15) is 0 Å². The van der Waals surface area contributed by atoms with Crippen molar-refractivity contribution >= 4 is 28.9 Å². The lowest BCUT2D eigenvalue weighted by molar-refractivity contribution is -0.132. The van der Waals surface area contributed by atoms with Crippen molar-refractivity contribution in [2.75, 3.05) is 6.54 Å². The van der Waals surface area contributed by atoms with Crippen molar-refractivity contribution in [3.05, 3.63) is 0 Å². The molecule has 0 aromatic carbocycles. The van der Waals surface area contributed by atoms with Gasteiger partial charge in [-0.3, -0.25) is 9.59 Å². The van der Waals surface area contributed by atoms with Gasteiger partial charge in [-0.25, -0.2) is 10.2 Å². The molecule has 1 amide bonds. The van der Waals surface area contributed by atoms with Gasteiger partial charge in [0.05, 0.1) is 18.5 Å². The molecule has 0 aromatic rings. The van der Waals surface area contributed by atoms with Gasteiger partial charge in [0.25, 0.3) is 5.12 Å². The summed E-state index contributed by atoms with van der Waals surface area (Å²) < 4.78 is 0.601. The topological polar surface area (TPSA) is 86.7 Å². The maximum Gasteiger partial charge on any atom is 0.432 e. The van der Waals surface area contributed by atoms with Gasteiger partial charge < -0.3 is 5.11 Å². The Morgan fingerprint density at radius 2 is 2.27 bits per heavy atom. The van der Waals surface area contributed by atoms with Gasteiger partial charge in [-0.1, -0.05) is 0 Å². The fourth-order valence-electron chi connectivity index (χ4n) is 0.489. The number of nitrogens with one attached hydrogen (secondary N) is 1. The predicted molar refractivity (Wildman–Crippen MR) is 35.5 cm³/mol. The first-order valence-electron chi connectivity index (χ1n) is 2.63. The Hall–Kier alpha value is -1.08. The van der Waals surface area contributed by atoms with Crippen LogP contribution in [0.5, 0.6) is 0 Å². The third kappa shape index (κ3) is 1.69. The Balaban J connectivity index is 2.60. The lowest BCUT2D eigenvalue weighted by Gasteiger charge is -2.20. The molecular formula is C4H4N2O4S. The molecule has 0 atom stereocenters. The van der Waals surface area contributed by atoms with Crippen molar-refractivity contribution in [1.29, 1.82) is 0 Å². The van der Waals surface area contributed by atoms with E-state index in [2.05, 4.69) is 5.43 Å².